The van der Waals surface area contributed by atoms with E-state index in [1.807, 2.05) is 0 Å². The fourth-order valence-corrected chi connectivity index (χ4v) is 8.28. The number of hydrogen-bond donors (Lipinski definition) is 0. The molecule has 2 heteroatoms. The van der Waals surface area contributed by atoms with Gasteiger partial charge in [0.2, 0.25) is 0 Å². The maximum absolute atomic E-state index is 6.10. The van der Waals surface area contributed by atoms with Gasteiger partial charge in [0.05, 0.1) is 13.2 Å². The van der Waals surface area contributed by atoms with Gasteiger partial charge in [-0.1, -0.05) is 25.5 Å². The number of allylic oxidation sites excluding steroid dienone is 2. The molecule has 0 bridgehead atoms. The largest absolute Gasteiger partial charge is 0.348 e. The van der Waals surface area contributed by atoms with E-state index < -0.39 is 0 Å². The highest BCUT2D eigenvalue weighted by Crippen LogP contribution is 2.68. The van der Waals surface area contributed by atoms with Gasteiger partial charge in [-0.3, -0.25) is 0 Å². The summed E-state index contributed by atoms with van der Waals surface area (Å²) in [6.45, 7) is 9.13. The molecule has 4 aliphatic carbocycles. The summed E-state index contributed by atoms with van der Waals surface area (Å²) in [5, 5.41) is 0. The van der Waals surface area contributed by atoms with Gasteiger partial charge in [-0.2, -0.15) is 0 Å². The molecule has 6 atom stereocenters. The smallest absolute Gasteiger partial charge is 0.168 e. The molecule has 25 heavy (non-hydrogen) atoms. The van der Waals surface area contributed by atoms with E-state index in [0.29, 0.717) is 10.8 Å². The number of ether oxygens (including phenoxy) is 2. The number of rotatable bonds is 0. The van der Waals surface area contributed by atoms with Crippen LogP contribution in [0.15, 0.2) is 11.6 Å². The van der Waals surface area contributed by atoms with Gasteiger partial charge in [0.25, 0.3) is 0 Å². The fraction of sp³-hybridized carbons (Fsp3) is 0.913. The summed E-state index contributed by atoms with van der Waals surface area (Å²) < 4.78 is 12.2. The summed E-state index contributed by atoms with van der Waals surface area (Å²) in [5.41, 5.74) is 2.83. The molecular formula is C23H36O2. The third-order valence-electron chi connectivity index (χ3n) is 9.68. The first-order valence-corrected chi connectivity index (χ1v) is 10.9. The molecule has 0 aromatic rings. The number of fused-ring (bicyclic) bond motifs is 5. The number of hydrogen-bond acceptors (Lipinski definition) is 2. The second-order valence-electron chi connectivity index (χ2n) is 10.3. The summed E-state index contributed by atoms with van der Waals surface area (Å²) in [7, 11) is 0. The lowest BCUT2D eigenvalue weighted by atomic mass is 9.45. The lowest BCUT2D eigenvalue weighted by molar-refractivity contribution is -0.228. The Balaban J connectivity index is 1.41. The standard InChI is InChI=1S/C23H36O2/c1-4-16-6-8-19-18-7-5-17-15-23(24-13-14-25-23)12-11-22(17,3)20(18)9-10-21(16,19)2/h4,17-20H,5-15H2,1-3H3/t17-,18+,19+,20+,21-,22+/m1/s1. The minimum absolute atomic E-state index is 0.203. The van der Waals surface area contributed by atoms with Crippen molar-refractivity contribution in [1.82, 2.24) is 0 Å². The monoisotopic (exact) mass is 344 g/mol. The van der Waals surface area contributed by atoms with Gasteiger partial charge in [-0.25, -0.2) is 0 Å². The topological polar surface area (TPSA) is 18.5 Å². The van der Waals surface area contributed by atoms with Crippen LogP contribution in [0.25, 0.3) is 0 Å². The maximum Gasteiger partial charge on any atom is 0.168 e. The summed E-state index contributed by atoms with van der Waals surface area (Å²) in [6, 6.07) is 0. The molecule has 5 aliphatic rings. The lowest BCUT2D eigenvalue weighted by Crippen LogP contribution is -2.55. The van der Waals surface area contributed by atoms with Gasteiger partial charge < -0.3 is 9.47 Å². The first-order valence-electron chi connectivity index (χ1n) is 10.9. The molecular weight excluding hydrogens is 308 g/mol. The minimum Gasteiger partial charge on any atom is -0.348 e. The van der Waals surface area contributed by atoms with E-state index in [0.717, 1.165) is 49.7 Å². The van der Waals surface area contributed by atoms with Gasteiger partial charge in [0.1, 0.15) is 0 Å². The zero-order valence-corrected chi connectivity index (χ0v) is 16.5. The van der Waals surface area contributed by atoms with Crippen molar-refractivity contribution in [2.75, 3.05) is 13.2 Å². The summed E-state index contributed by atoms with van der Waals surface area (Å²) >= 11 is 0. The van der Waals surface area contributed by atoms with E-state index in [4.69, 9.17) is 9.47 Å². The molecule has 1 spiro atoms. The molecule has 0 aromatic heterocycles. The van der Waals surface area contributed by atoms with Crippen molar-refractivity contribution in [3.8, 4) is 0 Å². The minimum atomic E-state index is -0.203. The zero-order chi connectivity index (χ0) is 17.3. The zero-order valence-electron chi connectivity index (χ0n) is 16.5. The van der Waals surface area contributed by atoms with Crippen LogP contribution in [-0.2, 0) is 9.47 Å². The third kappa shape index (κ3) is 2.22. The van der Waals surface area contributed by atoms with E-state index in [-0.39, 0.29) is 5.79 Å². The molecule has 1 aliphatic heterocycles. The Hall–Kier alpha value is -0.340. The molecule has 1 saturated heterocycles. The lowest BCUT2D eigenvalue weighted by Gasteiger charge is -2.61. The molecule has 5 fully saturated rings. The molecule has 5 rings (SSSR count). The van der Waals surface area contributed by atoms with Crippen LogP contribution in [0, 0.1) is 34.5 Å². The Morgan fingerprint density at radius 1 is 0.920 bits per heavy atom. The second-order valence-corrected chi connectivity index (χ2v) is 10.3. The van der Waals surface area contributed by atoms with Gasteiger partial charge in [-0.15, -0.1) is 0 Å². The van der Waals surface area contributed by atoms with Crippen LogP contribution in [-0.4, -0.2) is 19.0 Å². The Kier molecular flexibility index (Phi) is 3.75. The Bertz CT molecular complexity index is 575. The Labute approximate surface area is 153 Å². The van der Waals surface area contributed by atoms with Crippen LogP contribution in [0.1, 0.15) is 78.6 Å². The van der Waals surface area contributed by atoms with E-state index >= 15 is 0 Å². The van der Waals surface area contributed by atoms with Crippen molar-refractivity contribution in [3.05, 3.63) is 11.6 Å². The SMILES string of the molecule is CC=C1CC[C@H]2[C@@H]3CC[C@@H]4CC5(CC[C@]4(C)[C@H]3CC[C@]12C)OCCO5. The van der Waals surface area contributed by atoms with Gasteiger partial charge >= 0.3 is 0 Å². The van der Waals surface area contributed by atoms with Crippen LogP contribution in [0.2, 0.25) is 0 Å². The predicted molar refractivity (Wildman–Crippen MR) is 100 cm³/mol. The normalized spacial score (nSPS) is 52.8. The van der Waals surface area contributed by atoms with Crippen LogP contribution < -0.4 is 0 Å². The summed E-state index contributed by atoms with van der Waals surface area (Å²) in [4.78, 5) is 0. The fourth-order valence-electron chi connectivity index (χ4n) is 8.28. The molecule has 0 N–H and O–H groups in total. The van der Waals surface area contributed by atoms with Crippen molar-refractivity contribution >= 4 is 0 Å². The van der Waals surface area contributed by atoms with Crippen LogP contribution in [0.3, 0.4) is 0 Å². The molecule has 0 amide bonds. The van der Waals surface area contributed by atoms with Gasteiger partial charge in [0, 0.05) is 12.8 Å². The molecule has 1 heterocycles. The average molecular weight is 345 g/mol. The maximum atomic E-state index is 6.10. The predicted octanol–water partition coefficient (Wildman–Crippen LogP) is 5.72. The Morgan fingerprint density at radius 3 is 2.48 bits per heavy atom. The van der Waals surface area contributed by atoms with Crippen LogP contribution in [0.5, 0.6) is 0 Å². The first-order chi connectivity index (χ1) is 12.0. The highest BCUT2D eigenvalue weighted by molar-refractivity contribution is 5.23. The molecule has 0 aromatic carbocycles. The van der Waals surface area contributed by atoms with E-state index in [1.54, 1.807) is 5.57 Å². The van der Waals surface area contributed by atoms with Crippen molar-refractivity contribution in [2.24, 2.45) is 34.5 Å². The molecule has 0 unspecified atom stereocenters. The molecule has 4 saturated carbocycles. The van der Waals surface area contributed by atoms with Gasteiger partial charge in [0.15, 0.2) is 5.79 Å². The first kappa shape index (κ1) is 16.8. The molecule has 2 nitrogen and oxygen atoms in total. The summed E-state index contributed by atoms with van der Waals surface area (Å²) in [5.74, 6) is 3.47. The van der Waals surface area contributed by atoms with Crippen LogP contribution in [0.4, 0.5) is 0 Å². The third-order valence-corrected chi connectivity index (χ3v) is 9.68. The van der Waals surface area contributed by atoms with Crippen molar-refractivity contribution < 1.29 is 9.47 Å². The second kappa shape index (κ2) is 5.58. The van der Waals surface area contributed by atoms with Gasteiger partial charge in [-0.05, 0) is 86.4 Å². The Morgan fingerprint density at radius 2 is 1.72 bits per heavy atom. The molecule has 0 radical (unpaired) electrons. The summed E-state index contributed by atoms with van der Waals surface area (Å²) in [6.07, 6.45) is 14.6. The molecule has 140 valence electrons. The van der Waals surface area contributed by atoms with Crippen molar-refractivity contribution in [2.45, 2.75) is 84.3 Å². The van der Waals surface area contributed by atoms with E-state index in [1.165, 1.54) is 44.9 Å². The van der Waals surface area contributed by atoms with Crippen molar-refractivity contribution in [1.29, 1.82) is 0 Å². The van der Waals surface area contributed by atoms with Crippen LogP contribution >= 0.6 is 0 Å². The van der Waals surface area contributed by atoms with Crippen molar-refractivity contribution in [3.63, 3.8) is 0 Å². The highest BCUT2D eigenvalue weighted by Gasteiger charge is 2.61. The van der Waals surface area contributed by atoms with E-state index in [9.17, 15) is 0 Å². The highest BCUT2D eigenvalue weighted by atomic mass is 16.7. The quantitative estimate of drug-likeness (QED) is 0.523. The average Bonchev–Trinajstić information content (AvgIpc) is 3.19. The van der Waals surface area contributed by atoms with E-state index in [2.05, 4.69) is 26.8 Å².